The number of benzene rings is 2. The van der Waals surface area contributed by atoms with Crippen molar-refractivity contribution < 1.29 is 18.0 Å². The van der Waals surface area contributed by atoms with E-state index < -0.39 is 11.7 Å². The number of nitrogens with one attached hydrogen (secondary N) is 1. The molecule has 0 radical (unpaired) electrons. The van der Waals surface area contributed by atoms with Crippen molar-refractivity contribution in [3.8, 4) is 0 Å². The van der Waals surface area contributed by atoms with Crippen molar-refractivity contribution in [2.24, 2.45) is 0 Å². The van der Waals surface area contributed by atoms with Crippen molar-refractivity contribution in [1.82, 2.24) is 15.3 Å². The number of hydrogen-bond donors (Lipinski definition) is 1. The number of fused-ring (bicyclic) bond motifs is 1. The first-order valence-corrected chi connectivity index (χ1v) is 10.3. The standard InChI is InChI=1S/C21H17Cl2F3N4O/c22-16-3-1-2-14(18(16)23)20(31)29-13-6-8-30(9-7-13)19-15-10-12(21(24,25)26)4-5-17(15)27-11-28-19/h1-5,10-11,13H,6-9H2,(H,29,31). The SMILES string of the molecule is O=C(NC1CCN(c2ncnc3ccc(C(F)(F)F)cc23)CC1)c1cccc(Cl)c1Cl. The third-order valence-corrected chi connectivity index (χ3v) is 6.09. The van der Waals surface area contributed by atoms with Crippen molar-refractivity contribution in [1.29, 1.82) is 0 Å². The lowest BCUT2D eigenvalue weighted by Crippen LogP contribution is -2.45. The minimum Gasteiger partial charge on any atom is -0.356 e. The van der Waals surface area contributed by atoms with Gasteiger partial charge in [-0.15, -0.1) is 0 Å². The molecule has 1 N–H and O–H groups in total. The van der Waals surface area contributed by atoms with Gasteiger partial charge in [0.15, 0.2) is 0 Å². The van der Waals surface area contributed by atoms with Crippen molar-refractivity contribution in [2.75, 3.05) is 18.0 Å². The molecule has 10 heteroatoms. The van der Waals surface area contributed by atoms with E-state index >= 15 is 0 Å². The van der Waals surface area contributed by atoms with Gasteiger partial charge in [0.05, 0.1) is 26.7 Å². The van der Waals surface area contributed by atoms with E-state index in [1.54, 1.807) is 18.2 Å². The van der Waals surface area contributed by atoms with Crippen LogP contribution in [0, 0.1) is 0 Å². The molecule has 0 bridgehead atoms. The van der Waals surface area contributed by atoms with Gasteiger partial charge in [0, 0.05) is 24.5 Å². The smallest absolute Gasteiger partial charge is 0.356 e. The average molecular weight is 469 g/mol. The Morgan fingerprint density at radius 1 is 1.10 bits per heavy atom. The van der Waals surface area contributed by atoms with Crippen LogP contribution in [0.2, 0.25) is 10.0 Å². The Morgan fingerprint density at radius 2 is 1.84 bits per heavy atom. The molecule has 1 aromatic heterocycles. The molecule has 2 aromatic carbocycles. The van der Waals surface area contributed by atoms with E-state index in [0.29, 0.717) is 53.2 Å². The van der Waals surface area contributed by atoms with Gasteiger partial charge < -0.3 is 10.2 Å². The van der Waals surface area contributed by atoms with Gasteiger partial charge in [0.2, 0.25) is 0 Å². The van der Waals surface area contributed by atoms with E-state index in [9.17, 15) is 18.0 Å². The highest BCUT2D eigenvalue weighted by Gasteiger charge is 2.31. The van der Waals surface area contributed by atoms with Crippen LogP contribution in [0.3, 0.4) is 0 Å². The number of carbonyl (C=O) groups is 1. The number of nitrogens with zero attached hydrogens (tertiary/aromatic N) is 3. The van der Waals surface area contributed by atoms with Gasteiger partial charge in [0.25, 0.3) is 5.91 Å². The predicted molar refractivity (Wildman–Crippen MR) is 114 cm³/mol. The topological polar surface area (TPSA) is 58.1 Å². The summed E-state index contributed by atoms with van der Waals surface area (Å²) < 4.78 is 39.4. The Labute approximate surface area is 186 Å². The predicted octanol–water partition coefficient (Wildman–Crippen LogP) is 5.35. The molecule has 1 saturated heterocycles. The van der Waals surface area contributed by atoms with Crippen LogP contribution in [0.15, 0.2) is 42.7 Å². The number of anilines is 1. The van der Waals surface area contributed by atoms with Crippen molar-refractivity contribution >= 4 is 45.8 Å². The van der Waals surface area contributed by atoms with Gasteiger partial charge in [-0.2, -0.15) is 13.2 Å². The number of carbonyl (C=O) groups excluding carboxylic acids is 1. The van der Waals surface area contributed by atoms with Crippen LogP contribution in [0.5, 0.6) is 0 Å². The first kappa shape index (κ1) is 21.6. The monoisotopic (exact) mass is 468 g/mol. The lowest BCUT2D eigenvalue weighted by molar-refractivity contribution is -0.137. The van der Waals surface area contributed by atoms with Gasteiger partial charge >= 0.3 is 6.18 Å². The Balaban J connectivity index is 1.48. The van der Waals surface area contributed by atoms with E-state index in [-0.39, 0.29) is 17.0 Å². The molecule has 31 heavy (non-hydrogen) atoms. The second kappa shape index (κ2) is 8.51. The largest absolute Gasteiger partial charge is 0.416 e. The number of amides is 1. The molecule has 162 valence electrons. The maximum atomic E-state index is 13.1. The van der Waals surface area contributed by atoms with Gasteiger partial charge in [-0.1, -0.05) is 29.3 Å². The van der Waals surface area contributed by atoms with Crippen molar-refractivity contribution in [3.05, 3.63) is 63.9 Å². The molecule has 0 unspecified atom stereocenters. The normalized spacial score (nSPS) is 15.3. The summed E-state index contributed by atoms with van der Waals surface area (Å²) >= 11 is 12.1. The quantitative estimate of drug-likeness (QED) is 0.562. The average Bonchev–Trinajstić information content (AvgIpc) is 2.75. The summed E-state index contributed by atoms with van der Waals surface area (Å²) in [6.45, 7) is 1.05. The molecule has 0 aliphatic carbocycles. The Kier molecular flexibility index (Phi) is 5.94. The molecule has 1 aliphatic rings. The fourth-order valence-corrected chi connectivity index (χ4v) is 4.04. The number of piperidine rings is 1. The van der Waals surface area contributed by atoms with E-state index in [2.05, 4.69) is 15.3 Å². The number of alkyl halides is 3. The first-order chi connectivity index (χ1) is 14.7. The molecule has 1 fully saturated rings. The molecule has 5 nitrogen and oxygen atoms in total. The van der Waals surface area contributed by atoms with Crippen LogP contribution in [0.4, 0.5) is 19.0 Å². The number of halogens is 5. The molecule has 4 rings (SSSR count). The zero-order valence-corrected chi connectivity index (χ0v) is 17.6. The van der Waals surface area contributed by atoms with Crippen LogP contribution < -0.4 is 10.2 Å². The number of rotatable bonds is 3. The van der Waals surface area contributed by atoms with Crippen LogP contribution in [0.25, 0.3) is 10.9 Å². The summed E-state index contributed by atoms with van der Waals surface area (Å²) in [6, 6.07) is 8.21. The lowest BCUT2D eigenvalue weighted by Gasteiger charge is -2.33. The Hall–Kier alpha value is -2.58. The maximum absolute atomic E-state index is 13.1. The van der Waals surface area contributed by atoms with Gasteiger partial charge in [0.1, 0.15) is 12.1 Å². The van der Waals surface area contributed by atoms with Crippen LogP contribution >= 0.6 is 23.2 Å². The molecular formula is C21H17Cl2F3N4O. The van der Waals surface area contributed by atoms with Crippen LogP contribution in [-0.2, 0) is 6.18 Å². The molecule has 3 aromatic rings. The summed E-state index contributed by atoms with van der Waals surface area (Å²) in [4.78, 5) is 22.8. The summed E-state index contributed by atoms with van der Waals surface area (Å²) in [5, 5.41) is 3.81. The third-order valence-electron chi connectivity index (χ3n) is 5.27. The van der Waals surface area contributed by atoms with Gasteiger partial charge in [-0.3, -0.25) is 4.79 Å². The van der Waals surface area contributed by atoms with E-state index in [1.165, 1.54) is 12.4 Å². The second-order valence-corrected chi connectivity index (χ2v) is 8.05. The van der Waals surface area contributed by atoms with Gasteiger partial charge in [-0.05, 0) is 43.2 Å². The minimum absolute atomic E-state index is 0.0994. The van der Waals surface area contributed by atoms with E-state index in [4.69, 9.17) is 23.2 Å². The van der Waals surface area contributed by atoms with E-state index in [1.807, 2.05) is 4.90 Å². The highest BCUT2D eigenvalue weighted by Crippen LogP contribution is 2.34. The third kappa shape index (κ3) is 4.55. The van der Waals surface area contributed by atoms with E-state index in [0.717, 1.165) is 12.1 Å². The molecule has 0 spiro atoms. The van der Waals surface area contributed by atoms with Crippen LogP contribution in [-0.4, -0.2) is 35.0 Å². The molecule has 2 heterocycles. The number of hydrogen-bond acceptors (Lipinski definition) is 4. The zero-order valence-electron chi connectivity index (χ0n) is 16.1. The fourth-order valence-electron chi connectivity index (χ4n) is 3.65. The first-order valence-electron chi connectivity index (χ1n) is 9.56. The number of aromatic nitrogens is 2. The summed E-state index contributed by atoms with van der Waals surface area (Å²) in [7, 11) is 0. The van der Waals surface area contributed by atoms with Crippen molar-refractivity contribution in [3.63, 3.8) is 0 Å². The molecule has 0 saturated carbocycles. The second-order valence-electron chi connectivity index (χ2n) is 7.26. The maximum Gasteiger partial charge on any atom is 0.416 e. The summed E-state index contributed by atoms with van der Waals surface area (Å²) in [5.41, 5.74) is 0.0127. The summed E-state index contributed by atoms with van der Waals surface area (Å²) in [5.74, 6) is 0.145. The summed E-state index contributed by atoms with van der Waals surface area (Å²) in [6.07, 6.45) is -1.89. The molecule has 1 aliphatic heterocycles. The molecule has 0 atom stereocenters. The lowest BCUT2D eigenvalue weighted by atomic mass is 10.0. The minimum atomic E-state index is -4.44. The van der Waals surface area contributed by atoms with Gasteiger partial charge in [-0.25, -0.2) is 9.97 Å². The van der Waals surface area contributed by atoms with Crippen molar-refractivity contribution in [2.45, 2.75) is 25.1 Å². The highest BCUT2D eigenvalue weighted by atomic mass is 35.5. The Morgan fingerprint density at radius 3 is 2.55 bits per heavy atom. The fraction of sp³-hybridized carbons (Fsp3) is 0.286. The highest BCUT2D eigenvalue weighted by molar-refractivity contribution is 6.43. The molecule has 1 amide bonds. The van der Waals surface area contributed by atoms with Crippen LogP contribution in [0.1, 0.15) is 28.8 Å². The molecular weight excluding hydrogens is 452 g/mol. The zero-order chi connectivity index (χ0) is 22.2. The Bertz CT molecular complexity index is 1130.